The van der Waals surface area contributed by atoms with Crippen LogP contribution in [0, 0.1) is 0 Å². The molecule has 1 saturated heterocycles. The Labute approximate surface area is 180 Å². The van der Waals surface area contributed by atoms with Gasteiger partial charge in [-0.15, -0.1) is 0 Å². The maximum absolute atomic E-state index is 12.3. The summed E-state index contributed by atoms with van der Waals surface area (Å²) in [5, 5.41) is 10.1. The number of hydrogen-bond acceptors (Lipinski definition) is 5. The number of anilines is 1. The minimum atomic E-state index is -0.0974. The average molecular weight is 415 g/mol. The van der Waals surface area contributed by atoms with E-state index in [0.717, 1.165) is 16.8 Å². The molecule has 3 heterocycles. The van der Waals surface area contributed by atoms with Gasteiger partial charge in [-0.1, -0.05) is 24.8 Å². The van der Waals surface area contributed by atoms with Gasteiger partial charge in [-0.2, -0.15) is 0 Å². The number of aromatic nitrogens is 2. The molecule has 1 aliphatic rings. The Morgan fingerprint density at radius 3 is 2.71 bits per heavy atom. The van der Waals surface area contributed by atoms with Gasteiger partial charge in [0.25, 0.3) is 0 Å². The predicted octanol–water partition coefficient (Wildman–Crippen LogP) is 3.05. The van der Waals surface area contributed by atoms with Crippen molar-refractivity contribution >= 4 is 23.5 Å². The Morgan fingerprint density at radius 1 is 1.23 bits per heavy atom. The summed E-state index contributed by atoms with van der Waals surface area (Å²) >= 11 is 0. The zero-order valence-electron chi connectivity index (χ0n) is 17.0. The molecule has 7 nitrogen and oxygen atoms in total. The number of amides is 1. The number of benzene rings is 1. The number of nitrogens with one attached hydrogen (secondary N) is 1. The molecule has 0 bridgehead atoms. The number of rotatable bonds is 5. The van der Waals surface area contributed by atoms with Crippen LogP contribution < -0.4 is 11.5 Å². The smallest absolute Gasteiger partial charge is 0.245 e. The highest BCUT2D eigenvalue weighted by atomic mass is 16.3. The number of phenols is 1. The third-order valence-corrected chi connectivity index (χ3v) is 5.75. The Balaban J connectivity index is 1.68. The van der Waals surface area contributed by atoms with Crippen LogP contribution in [0.5, 0.6) is 5.75 Å². The molecule has 1 aliphatic heterocycles. The summed E-state index contributed by atoms with van der Waals surface area (Å²) in [6.07, 6.45) is 6.65. The fourth-order valence-electron chi connectivity index (χ4n) is 4.15. The molecular formula is C24H25N5O2. The van der Waals surface area contributed by atoms with Crippen molar-refractivity contribution in [2.75, 3.05) is 18.8 Å². The topological polar surface area (TPSA) is 121 Å². The molecule has 2 atom stereocenters. The summed E-state index contributed by atoms with van der Waals surface area (Å²) in [7, 11) is 0. The zero-order chi connectivity index (χ0) is 22.0. The lowest BCUT2D eigenvalue weighted by molar-refractivity contribution is -0.125. The van der Waals surface area contributed by atoms with Crippen molar-refractivity contribution in [2.24, 2.45) is 5.73 Å². The molecule has 3 aromatic rings. The molecule has 1 amide bonds. The number of phenolic OH excluding ortho intramolecular Hbond substituents is 1. The number of para-hydroxylation sites is 1. The van der Waals surface area contributed by atoms with Gasteiger partial charge >= 0.3 is 0 Å². The summed E-state index contributed by atoms with van der Waals surface area (Å²) in [5.41, 5.74) is 16.1. The first-order valence-corrected chi connectivity index (χ1v) is 10.0. The van der Waals surface area contributed by atoms with Gasteiger partial charge in [-0.3, -0.25) is 9.78 Å². The number of H-pyrrole nitrogens is 1. The van der Waals surface area contributed by atoms with Gasteiger partial charge in [0.15, 0.2) is 0 Å². The van der Waals surface area contributed by atoms with E-state index in [1.54, 1.807) is 35.4 Å². The van der Waals surface area contributed by atoms with E-state index < -0.39 is 0 Å². The molecule has 0 aliphatic carbocycles. The quantitative estimate of drug-likeness (QED) is 0.477. The second-order valence-corrected chi connectivity index (χ2v) is 7.66. The second kappa shape index (κ2) is 8.39. The minimum Gasteiger partial charge on any atom is -0.507 e. The number of carbonyl (C=O) groups excluding carboxylic acids is 1. The summed E-state index contributed by atoms with van der Waals surface area (Å²) in [6.45, 7) is 4.73. The highest BCUT2D eigenvalue weighted by Gasteiger charge is 2.37. The molecule has 1 fully saturated rings. The Kier molecular flexibility index (Phi) is 5.49. The van der Waals surface area contributed by atoms with Gasteiger partial charge < -0.3 is 26.5 Å². The average Bonchev–Trinajstić information content (AvgIpc) is 3.38. The number of pyridine rings is 1. The monoisotopic (exact) mass is 415 g/mol. The van der Waals surface area contributed by atoms with Gasteiger partial charge in [0, 0.05) is 59.8 Å². The number of likely N-dealkylation sites (tertiary alicyclic amines) is 1. The van der Waals surface area contributed by atoms with Crippen LogP contribution in [0.3, 0.4) is 0 Å². The van der Waals surface area contributed by atoms with E-state index in [2.05, 4.69) is 16.5 Å². The standard InChI is InChI=1S/C24H25N5O2/c1-2-23(31)29-13-18(15-6-5-9-27-12-15)19(14-29)21-11-16(24(26)28-21)10-20(25)17-7-3-4-8-22(17)30/h2-12,18-19,28,30H,1,13-14,25-26H2/b20-10-. The first-order valence-electron chi connectivity index (χ1n) is 10.0. The number of aromatic hydroxyl groups is 1. The van der Waals surface area contributed by atoms with E-state index in [9.17, 15) is 9.90 Å². The predicted molar refractivity (Wildman–Crippen MR) is 122 cm³/mol. The molecule has 0 radical (unpaired) electrons. The Bertz CT molecular complexity index is 1140. The maximum atomic E-state index is 12.3. The van der Waals surface area contributed by atoms with Crippen LogP contribution in [0.15, 0.2) is 67.5 Å². The van der Waals surface area contributed by atoms with E-state index >= 15 is 0 Å². The molecule has 2 unspecified atom stereocenters. The van der Waals surface area contributed by atoms with Gasteiger partial charge in [0.2, 0.25) is 5.91 Å². The Hall–Kier alpha value is -4.00. The summed E-state index contributed by atoms with van der Waals surface area (Å²) in [6, 6.07) is 12.8. The van der Waals surface area contributed by atoms with E-state index in [1.807, 2.05) is 30.5 Å². The first kappa shape index (κ1) is 20.3. The number of hydrogen-bond donors (Lipinski definition) is 4. The largest absolute Gasteiger partial charge is 0.507 e. The number of aromatic amines is 1. The van der Waals surface area contributed by atoms with Crippen molar-refractivity contribution in [1.82, 2.24) is 14.9 Å². The molecule has 0 saturated carbocycles. The molecular weight excluding hydrogens is 390 g/mol. The highest BCUT2D eigenvalue weighted by molar-refractivity contribution is 5.87. The van der Waals surface area contributed by atoms with Gasteiger partial charge in [0.05, 0.1) is 0 Å². The number of carbonyl (C=O) groups is 1. The normalized spacial score (nSPS) is 18.8. The molecule has 4 rings (SSSR count). The van der Waals surface area contributed by atoms with Crippen LogP contribution in [0.1, 0.15) is 34.2 Å². The van der Waals surface area contributed by atoms with Crippen molar-refractivity contribution in [3.05, 3.63) is 89.9 Å². The minimum absolute atomic E-state index is 0.0175. The van der Waals surface area contributed by atoms with Crippen molar-refractivity contribution in [1.29, 1.82) is 0 Å². The fraction of sp³-hybridized carbons (Fsp3) is 0.167. The summed E-state index contributed by atoms with van der Waals surface area (Å²) < 4.78 is 0. The molecule has 7 heteroatoms. The Morgan fingerprint density at radius 2 is 2.00 bits per heavy atom. The molecule has 1 aromatic carbocycles. The van der Waals surface area contributed by atoms with Gasteiger partial charge in [0.1, 0.15) is 11.6 Å². The molecule has 2 aromatic heterocycles. The third kappa shape index (κ3) is 4.02. The lowest BCUT2D eigenvalue weighted by Gasteiger charge is -2.16. The molecule has 158 valence electrons. The van der Waals surface area contributed by atoms with Crippen LogP contribution in [0.4, 0.5) is 5.82 Å². The molecule has 0 spiro atoms. The highest BCUT2D eigenvalue weighted by Crippen LogP contribution is 2.40. The zero-order valence-corrected chi connectivity index (χ0v) is 17.0. The number of nitrogens with two attached hydrogens (primary N) is 2. The van der Waals surface area contributed by atoms with Crippen LogP contribution in [-0.2, 0) is 4.79 Å². The van der Waals surface area contributed by atoms with Crippen LogP contribution in [0.25, 0.3) is 11.8 Å². The van der Waals surface area contributed by atoms with Gasteiger partial charge in [-0.25, -0.2) is 0 Å². The van der Waals surface area contributed by atoms with Crippen LogP contribution in [0.2, 0.25) is 0 Å². The van der Waals surface area contributed by atoms with E-state index in [4.69, 9.17) is 11.5 Å². The number of nitrogen functional groups attached to an aromatic ring is 1. The third-order valence-electron chi connectivity index (χ3n) is 5.75. The second-order valence-electron chi connectivity index (χ2n) is 7.66. The van der Waals surface area contributed by atoms with Crippen LogP contribution in [-0.4, -0.2) is 39.0 Å². The van der Waals surface area contributed by atoms with Crippen molar-refractivity contribution in [2.45, 2.75) is 11.8 Å². The van der Waals surface area contributed by atoms with Crippen molar-refractivity contribution < 1.29 is 9.90 Å². The van der Waals surface area contributed by atoms with Crippen LogP contribution >= 0.6 is 0 Å². The maximum Gasteiger partial charge on any atom is 0.245 e. The lowest BCUT2D eigenvalue weighted by atomic mass is 9.87. The molecule has 6 N–H and O–H groups in total. The molecule has 31 heavy (non-hydrogen) atoms. The SMILES string of the molecule is C=CC(=O)N1CC(c2cccnc2)C(c2cc(/C=C(\N)c3ccccc3O)c(N)[nH]2)C1. The first-order chi connectivity index (χ1) is 15.0. The van der Waals surface area contributed by atoms with E-state index in [-0.39, 0.29) is 23.5 Å². The lowest BCUT2D eigenvalue weighted by Crippen LogP contribution is -2.26. The summed E-state index contributed by atoms with van der Waals surface area (Å²) in [4.78, 5) is 21.6. The van der Waals surface area contributed by atoms with E-state index in [0.29, 0.717) is 30.2 Å². The summed E-state index contributed by atoms with van der Waals surface area (Å²) in [5.74, 6) is 0.579. The van der Waals surface area contributed by atoms with Crippen molar-refractivity contribution in [3.8, 4) is 5.75 Å². The van der Waals surface area contributed by atoms with E-state index in [1.165, 1.54) is 6.08 Å². The fourth-order valence-corrected chi connectivity index (χ4v) is 4.15. The van der Waals surface area contributed by atoms with Gasteiger partial charge in [-0.05, 0) is 42.0 Å². The van der Waals surface area contributed by atoms with Crippen molar-refractivity contribution in [3.63, 3.8) is 0 Å². The number of nitrogens with zero attached hydrogens (tertiary/aromatic N) is 2.